The van der Waals surface area contributed by atoms with Gasteiger partial charge in [0.05, 0.1) is 23.1 Å². The third-order valence-electron chi connectivity index (χ3n) is 2.32. The molecule has 0 bridgehead atoms. The Balaban J connectivity index is 2.41. The van der Waals surface area contributed by atoms with Gasteiger partial charge in [0.15, 0.2) is 0 Å². The summed E-state index contributed by atoms with van der Waals surface area (Å²) in [5.41, 5.74) is 2.32. The molecule has 0 N–H and O–H groups in total. The molecule has 18 heavy (non-hydrogen) atoms. The molecule has 0 radical (unpaired) electrons. The number of pyridine rings is 1. The summed E-state index contributed by atoms with van der Waals surface area (Å²) in [6.45, 7) is 0. The van der Waals surface area contributed by atoms with Crippen LogP contribution in [0.25, 0.3) is 11.3 Å². The third-order valence-corrected chi connectivity index (χ3v) is 3.18. The highest BCUT2D eigenvalue weighted by Gasteiger charge is 2.07. The summed E-state index contributed by atoms with van der Waals surface area (Å²) in [4.78, 5) is 4.44. The number of hydrogen-bond acceptors (Lipinski definition) is 4. The molecule has 0 fully saturated rings. The first kappa shape index (κ1) is 12.2. The van der Waals surface area contributed by atoms with Crippen molar-refractivity contribution in [2.24, 2.45) is 0 Å². The predicted molar refractivity (Wildman–Crippen MR) is 70.7 cm³/mol. The average molecular weight is 251 g/mol. The number of aromatic nitrogens is 1. The van der Waals surface area contributed by atoms with Crippen LogP contribution in [0, 0.1) is 22.7 Å². The molecular formula is C14H9N3S. The Hall–Kier alpha value is -2.30. The van der Waals surface area contributed by atoms with Gasteiger partial charge >= 0.3 is 0 Å². The Kier molecular flexibility index (Phi) is 3.96. The molecule has 0 amide bonds. The zero-order valence-electron chi connectivity index (χ0n) is 9.50. The number of nitriles is 2. The largest absolute Gasteiger partial charge is 0.240 e. The van der Waals surface area contributed by atoms with Crippen LogP contribution in [-0.2, 0) is 0 Å². The Labute approximate surface area is 110 Å². The van der Waals surface area contributed by atoms with Gasteiger partial charge in [0.1, 0.15) is 11.1 Å². The van der Waals surface area contributed by atoms with Crippen LogP contribution in [0.1, 0.15) is 5.56 Å². The van der Waals surface area contributed by atoms with Gasteiger partial charge in [0.25, 0.3) is 0 Å². The van der Waals surface area contributed by atoms with Gasteiger partial charge in [-0.25, -0.2) is 4.98 Å². The van der Waals surface area contributed by atoms with Gasteiger partial charge in [-0.05, 0) is 12.1 Å². The van der Waals surface area contributed by atoms with Crippen LogP contribution in [0.3, 0.4) is 0 Å². The van der Waals surface area contributed by atoms with Crippen LogP contribution in [0.15, 0.2) is 47.5 Å². The number of rotatable bonds is 3. The highest BCUT2D eigenvalue weighted by Crippen LogP contribution is 2.24. The van der Waals surface area contributed by atoms with Crippen molar-refractivity contribution in [1.82, 2.24) is 4.98 Å². The quantitative estimate of drug-likeness (QED) is 0.786. The van der Waals surface area contributed by atoms with Gasteiger partial charge in [0.2, 0.25) is 0 Å². The molecule has 1 aromatic heterocycles. The molecule has 0 atom stereocenters. The van der Waals surface area contributed by atoms with Crippen LogP contribution in [0.2, 0.25) is 0 Å². The van der Waals surface area contributed by atoms with Crippen molar-refractivity contribution < 1.29 is 0 Å². The Morgan fingerprint density at radius 2 is 1.83 bits per heavy atom. The summed E-state index contributed by atoms with van der Waals surface area (Å²) < 4.78 is 0. The van der Waals surface area contributed by atoms with Gasteiger partial charge in [-0.15, -0.1) is 0 Å². The van der Waals surface area contributed by atoms with Crippen molar-refractivity contribution >= 4 is 11.8 Å². The zero-order chi connectivity index (χ0) is 12.8. The molecule has 0 aliphatic heterocycles. The highest BCUT2D eigenvalue weighted by atomic mass is 32.2. The third kappa shape index (κ3) is 2.68. The van der Waals surface area contributed by atoms with Crippen LogP contribution >= 0.6 is 11.8 Å². The summed E-state index contributed by atoms with van der Waals surface area (Å²) in [6, 6.07) is 17.5. The number of thioether (sulfide) groups is 1. The maximum Gasteiger partial charge on any atom is 0.116 e. The maximum atomic E-state index is 8.99. The maximum absolute atomic E-state index is 8.99. The fourth-order valence-electron chi connectivity index (χ4n) is 1.51. The van der Waals surface area contributed by atoms with Crippen molar-refractivity contribution in [3.05, 3.63) is 48.0 Å². The molecule has 0 saturated heterocycles. The fraction of sp³-hybridized carbons (Fsp3) is 0.0714. The molecule has 0 aliphatic carbocycles. The van der Waals surface area contributed by atoms with E-state index in [-0.39, 0.29) is 0 Å². The topological polar surface area (TPSA) is 60.5 Å². The second kappa shape index (κ2) is 5.86. The van der Waals surface area contributed by atoms with E-state index in [1.54, 1.807) is 6.07 Å². The Morgan fingerprint density at radius 1 is 1.06 bits per heavy atom. The van der Waals surface area contributed by atoms with E-state index in [1.165, 1.54) is 11.8 Å². The molecule has 2 aromatic rings. The smallest absolute Gasteiger partial charge is 0.116 e. The van der Waals surface area contributed by atoms with Crippen molar-refractivity contribution in [3.63, 3.8) is 0 Å². The van der Waals surface area contributed by atoms with Crippen LogP contribution in [0.4, 0.5) is 0 Å². The summed E-state index contributed by atoms with van der Waals surface area (Å²) in [7, 11) is 0. The molecule has 0 spiro atoms. The van der Waals surface area contributed by atoms with Crippen LogP contribution in [0.5, 0.6) is 0 Å². The van der Waals surface area contributed by atoms with E-state index in [0.29, 0.717) is 16.3 Å². The molecule has 0 unspecified atom stereocenters. The van der Waals surface area contributed by atoms with Crippen LogP contribution in [-0.4, -0.2) is 10.7 Å². The van der Waals surface area contributed by atoms with E-state index in [2.05, 4.69) is 11.1 Å². The first-order chi connectivity index (χ1) is 8.85. The number of hydrogen-bond donors (Lipinski definition) is 0. The van der Waals surface area contributed by atoms with Gasteiger partial charge in [-0.3, -0.25) is 0 Å². The molecule has 1 aromatic carbocycles. The minimum Gasteiger partial charge on any atom is -0.240 e. The van der Waals surface area contributed by atoms with Crippen molar-refractivity contribution in [1.29, 1.82) is 10.5 Å². The molecular weight excluding hydrogens is 242 g/mol. The second-order valence-electron chi connectivity index (χ2n) is 3.47. The SMILES string of the molecule is N#CCSc1nc(-c2ccccc2)ccc1C#N. The minimum atomic E-state index is 0.292. The summed E-state index contributed by atoms with van der Waals surface area (Å²) in [5.74, 6) is 0.292. The Morgan fingerprint density at radius 3 is 2.50 bits per heavy atom. The number of nitrogens with zero attached hydrogens (tertiary/aromatic N) is 3. The van der Waals surface area contributed by atoms with Crippen molar-refractivity contribution in [3.8, 4) is 23.4 Å². The standard InChI is InChI=1S/C14H9N3S/c15-8-9-18-14-12(10-16)6-7-13(17-14)11-4-2-1-3-5-11/h1-7H,9H2. The highest BCUT2D eigenvalue weighted by molar-refractivity contribution is 7.99. The van der Waals surface area contributed by atoms with E-state index in [9.17, 15) is 0 Å². The summed E-state index contributed by atoms with van der Waals surface area (Å²) >= 11 is 1.29. The van der Waals surface area contributed by atoms with Gasteiger partial charge in [0, 0.05) is 5.56 Å². The molecule has 2 rings (SSSR count). The molecule has 3 nitrogen and oxygen atoms in total. The fourth-order valence-corrected chi connectivity index (χ4v) is 2.14. The van der Waals surface area contributed by atoms with Gasteiger partial charge in [-0.1, -0.05) is 42.1 Å². The van der Waals surface area contributed by atoms with E-state index < -0.39 is 0 Å². The summed E-state index contributed by atoms with van der Waals surface area (Å²) in [6.07, 6.45) is 0. The van der Waals surface area contributed by atoms with E-state index >= 15 is 0 Å². The monoisotopic (exact) mass is 251 g/mol. The lowest BCUT2D eigenvalue weighted by Gasteiger charge is -2.04. The lowest BCUT2D eigenvalue weighted by atomic mass is 10.1. The predicted octanol–water partition coefficient (Wildman–Crippen LogP) is 3.24. The average Bonchev–Trinajstić information content (AvgIpc) is 2.45. The lowest BCUT2D eigenvalue weighted by Crippen LogP contribution is -1.91. The molecule has 1 heterocycles. The second-order valence-corrected chi connectivity index (χ2v) is 4.44. The van der Waals surface area contributed by atoms with E-state index in [0.717, 1.165) is 11.3 Å². The van der Waals surface area contributed by atoms with Crippen LogP contribution < -0.4 is 0 Å². The first-order valence-electron chi connectivity index (χ1n) is 5.31. The zero-order valence-corrected chi connectivity index (χ0v) is 10.3. The molecule has 4 heteroatoms. The first-order valence-corrected chi connectivity index (χ1v) is 6.30. The molecule has 0 saturated carbocycles. The van der Waals surface area contributed by atoms with Crippen molar-refractivity contribution in [2.45, 2.75) is 5.03 Å². The van der Waals surface area contributed by atoms with Gasteiger partial charge < -0.3 is 0 Å². The summed E-state index contributed by atoms with van der Waals surface area (Å²) in [5, 5.41) is 18.2. The molecule has 0 aliphatic rings. The Bertz CT molecular complexity index is 624. The van der Waals surface area contributed by atoms with E-state index in [4.69, 9.17) is 10.5 Å². The normalized spacial score (nSPS) is 9.44. The molecule has 86 valence electrons. The van der Waals surface area contributed by atoms with Crippen molar-refractivity contribution in [2.75, 3.05) is 5.75 Å². The number of benzene rings is 1. The lowest BCUT2D eigenvalue weighted by molar-refractivity contribution is 1.12. The van der Waals surface area contributed by atoms with E-state index in [1.807, 2.05) is 42.5 Å². The van der Waals surface area contributed by atoms with Gasteiger partial charge in [-0.2, -0.15) is 10.5 Å². The minimum absolute atomic E-state index is 0.292.